The Hall–Kier alpha value is -3.64. The molecule has 1 aliphatic heterocycles. The van der Waals surface area contributed by atoms with Crippen LogP contribution in [0.3, 0.4) is 0 Å². The van der Waals surface area contributed by atoms with Crippen LogP contribution in [-0.2, 0) is 17.8 Å². The molecule has 4 aromatic rings. The van der Waals surface area contributed by atoms with Gasteiger partial charge in [0.25, 0.3) is 0 Å². The zero-order valence-electron chi connectivity index (χ0n) is 22.4. The van der Waals surface area contributed by atoms with Crippen molar-refractivity contribution >= 4 is 27.6 Å². The maximum Gasteiger partial charge on any atom is 0.339 e. The number of aliphatic hydroxyl groups is 1. The maximum absolute atomic E-state index is 13.0. The second kappa shape index (κ2) is 10.5. The molecule has 1 saturated heterocycles. The largest absolute Gasteiger partial charge is 0.489 e. The van der Waals surface area contributed by atoms with E-state index in [2.05, 4.69) is 24.3 Å². The summed E-state index contributed by atoms with van der Waals surface area (Å²) in [6, 6.07) is 20.0. The summed E-state index contributed by atoms with van der Waals surface area (Å²) in [6.07, 6.45) is 5.24. The summed E-state index contributed by atoms with van der Waals surface area (Å²) in [5.41, 5.74) is 1.95. The molecule has 1 aromatic heterocycles. The van der Waals surface area contributed by atoms with E-state index in [0.717, 1.165) is 47.6 Å². The summed E-state index contributed by atoms with van der Waals surface area (Å²) in [6.45, 7) is 3.52. The fraction of sp³-hybridized carbons (Fsp3) is 0.394. The average Bonchev–Trinajstić information content (AvgIpc) is 2.95. The fourth-order valence-electron chi connectivity index (χ4n) is 6.52. The summed E-state index contributed by atoms with van der Waals surface area (Å²) in [4.78, 5) is 27.9. The zero-order chi connectivity index (χ0) is 27.0. The molecule has 2 unspecified atom stereocenters. The summed E-state index contributed by atoms with van der Waals surface area (Å²) < 4.78 is 11.8. The molecule has 6 rings (SSSR count). The Morgan fingerprint density at radius 2 is 1.92 bits per heavy atom. The highest BCUT2D eigenvalue weighted by molar-refractivity contribution is 5.86. The monoisotopic (exact) mass is 525 g/mol. The van der Waals surface area contributed by atoms with Gasteiger partial charge in [-0.3, -0.25) is 4.79 Å². The van der Waals surface area contributed by atoms with Crippen LogP contribution < -0.4 is 10.4 Å². The zero-order valence-corrected chi connectivity index (χ0v) is 22.4. The summed E-state index contributed by atoms with van der Waals surface area (Å²) in [7, 11) is 0. The van der Waals surface area contributed by atoms with Crippen molar-refractivity contribution in [3.8, 4) is 5.75 Å². The lowest BCUT2D eigenvalue weighted by atomic mass is 9.71. The molecule has 2 fully saturated rings. The van der Waals surface area contributed by atoms with Crippen LogP contribution in [0.4, 0.5) is 0 Å². The number of carbonyl (C=O) groups is 1. The minimum absolute atomic E-state index is 0.0405. The van der Waals surface area contributed by atoms with E-state index < -0.39 is 11.2 Å². The topological polar surface area (TPSA) is 80.0 Å². The molecule has 1 saturated carbocycles. The molecule has 0 radical (unpaired) electrons. The smallest absolute Gasteiger partial charge is 0.339 e. The molecule has 3 aromatic carbocycles. The third-order valence-electron chi connectivity index (χ3n) is 8.90. The Bertz CT molecular complexity index is 1590. The summed E-state index contributed by atoms with van der Waals surface area (Å²) in [5.74, 6) is 0.834. The number of likely N-dealkylation sites (tertiary alicyclic amines) is 1. The number of nitrogens with zero attached hydrogens (tertiary/aromatic N) is 1. The first-order valence-electron chi connectivity index (χ1n) is 14.1. The van der Waals surface area contributed by atoms with Crippen molar-refractivity contribution < 1.29 is 19.1 Å². The van der Waals surface area contributed by atoms with Crippen LogP contribution in [0.2, 0.25) is 0 Å². The average molecular weight is 526 g/mol. The summed E-state index contributed by atoms with van der Waals surface area (Å²) >= 11 is 0. The van der Waals surface area contributed by atoms with Gasteiger partial charge in [0.1, 0.15) is 17.9 Å². The fourth-order valence-corrected chi connectivity index (χ4v) is 6.52. The number of carbonyl (C=O) groups excluding carboxylic acids is 1. The van der Waals surface area contributed by atoms with Crippen LogP contribution >= 0.6 is 0 Å². The highest BCUT2D eigenvalue weighted by atomic mass is 16.5. The van der Waals surface area contributed by atoms with Gasteiger partial charge in [-0.15, -0.1) is 0 Å². The van der Waals surface area contributed by atoms with Gasteiger partial charge in [-0.1, -0.05) is 55.3 Å². The second-order valence-electron chi connectivity index (χ2n) is 11.2. The van der Waals surface area contributed by atoms with Gasteiger partial charge in [-0.05, 0) is 66.6 Å². The molecule has 2 heterocycles. The van der Waals surface area contributed by atoms with E-state index in [0.29, 0.717) is 49.4 Å². The van der Waals surface area contributed by atoms with Crippen LogP contribution in [0, 0.1) is 12.8 Å². The molecule has 1 aliphatic carbocycles. The maximum atomic E-state index is 13.0. The van der Waals surface area contributed by atoms with E-state index in [1.165, 1.54) is 5.39 Å². The molecule has 2 atom stereocenters. The Morgan fingerprint density at radius 1 is 1.08 bits per heavy atom. The lowest BCUT2D eigenvalue weighted by Crippen LogP contribution is -2.54. The lowest BCUT2D eigenvalue weighted by molar-refractivity contribution is -0.143. The van der Waals surface area contributed by atoms with E-state index in [-0.39, 0.29) is 18.2 Å². The number of benzene rings is 3. The first kappa shape index (κ1) is 25.6. The molecule has 0 spiro atoms. The van der Waals surface area contributed by atoms with E-state index in [4.69, 9.17) is 9.15 Å². The third-order valence-corrected chi connectivity index (χ3v) is 8.90. The number of fused-ring (bicyclic) bond motifs is 3. The molecule has 6 heteroatoms. The van der Waals surface area contributed by atoms with Gasteiger partial charge in [-0.25, -0.2) is 4.79 Å². The van der Waals surface area contributed by atoms with Crippen LogP contribution in [0.1, 0.15) is 55.2 Å². The Morgan fingerprint density at radius 3 is 2.82 bits per heavy atom. The number of piperidine rings is 1. The van der Waals surface area contributed by atoms with Crippen LogP contribution in [0.5, 0.6) is 5.75 Å². The van der Waals surface area contributed by atoms with Gasteiger partial charge in [0.2, 0.25) is 5.91 Å². The number of ether oxygens (including phenoxy) is 1. The van der Waals surface area contributed by atoms with Crippen LogP contribution in [0.25, 0.3) is 21.7 Å². The number of hydrogen-bond acceptors (Lipinski definition) is 5. The van der Waals surface area contributed by atoms with Crippen molar-refractivity contribution in [2.75, 3.05) is 13.1 Å². The molecule has 1 N–H and O–H groups in total. The molecular weight excluding hydrogens is 490 g/mol. The van der Waals surface area contributed by atoms with Gasteiger partial charge in [0.05, 0.1) is 5.60 Å². The molecule has 6 nitrogen and oxygen atoms in total. The van der Waals surface area contributed by atoms with E-state index >= 15 is 0 Å². The van der Waals surface area contributed by atoms with Gasteiger partial charge >= 0.3 is 5.63 Å². The quantitative estimate of drug-likeness (QED) is 0.316. The normalized spacial score (nSPS) is 21.2. The number of hydrogen-bond donors (Lipinski definition) is 1. The SMILES string of the molecule is Cc1c(CCC(=O)N2CCC3(O)CCCCC3C2)c(=O)oc2cc(OCc3cccc4ccccc34)ccc12. The summed E-state index contributed by atoms with van der Waals surface area (Å²) in [5, 5.41) is 14.1. The van der Waals surface area contributed by atoms with Gasteiger partial charge in [-0.2, -0.15) is 0 Å². The Balaban J connectivity index is 1.14. The highest BCUT2D eigenvalue weighted by Crippen LogP contribution is 2.40. The first-order chi connectivity index (χ1) is 18.9. The van der Waals surface area contributed by atoms with Crippen molar-refractivity contribution in [3.05, 3.63) is 87.8 Å². The molecule has 39 heavy (non-hydrogen) atoms. The Labute approximate surface area is 228 Å². The third kappa shape index (κ3) is 5.06. The van der Waals surface area contributed by atoms with E-state index in [1.807, 2.05) is 42.2 Å². The molecule has 0 bridgehead atoms. The number of amides is 1. The van der Waals surface area contributed by atoms with Crippen molar-refractivity contribution in [2.45, 2.75) is 64.1 Å². The predicted octanol–water partition coefficient (Wildman–Crippen LogP) is 5.92. The minimum Gasteiger partial charge on any atom is -0.489 e. The van der Waals surface area contributed by atoms with E-state index in [1.54, 1.807) is 6.07 Å². The highest BCUT2D eigenvalue weighted by Gasteiger charge is 2.43. The molecular formula is C33H35NO5. The minimum atomic E-state index is -0.609. The standard InChI is InChI=1S/C33H35NO5/c1-22-27-13-12-26(38-21-24-9-6-8-23-7-2-3-11-29(23)24)19-30(27)39-32(36)28(22)14-15-31(35)34-18-17-33(37)16-5-4-10-25(33)20-34/h2-3,6-9,11-13,19,25,37H,4-5,10,14-18,20-21H2,1H3. The Kier molecular flexibility index (Phi) is 6.90. The van der Waals surface area contributed by atoms with Gasteiger partial charge in [0, 0.05) is 42.4 Å². The molecule has 2 aliphatic rings. The number of aryl methyl sites for hydroxylation is 1. The van der Waals surface area contributed by atoms with E-state index in [9.17, 15) is 14.7 Å². The van der Waals surface area contributed by atoms with Crippen molar-refractivity contribution in [3.63, 3.8) is 0 Å². The lowest BCUT2D eigenvalue weighted by Gasteiger charge is -2.47. The first-order valence-corrected chi connectivity index (χ1v) is 14.1. The molecule has 1 amide bonds. The van der Waals surface area contributed by atoms with Crippen molar-refractivity contribution in [2.24, 2.45) is 5.92 Å². The number of rotatable bonds is 6. The van der Waals surface area contributed by atoms with Crippen molar-refractivity contribution in [1.82, 2.24) is 4.90 Å². The molecule has 202 valence electrons. The van der Waals surface area contributed by atoms with Crippen LogP contribution in [-0.4, -0.2) is 34.6 Å². The second-order valence-corrected chi connectivity index (χ2v) is 11.2. The van der Waals surface area contributed by atoms with Crippen LogP contribution in [0.15, 0.2) is 69.9 Å². The van der Waals surface area contributed by atoms with Crippen molar-refractivity contribution in [1.29, 1.82) is 0 Å². The van der Waals surface area contributed by atoms with Gasteiger partial charge < -0.3 is 19.2 Å². The predicted molar refractivity (Wildman–Crippen MR) is 152 cm³/mol. The van der Waals surface area contributed by atoms with Gasteiger partial charge in [0.15, 0.2) is 0 Å².